The molecule has 0 bridgehead atoms. The van der Waals surface area contributed by atoms with Crippen LogP contribution < -0.4 is 0 Å². The molecule has 0 N–H and O–H groups in total. The zero-order chi connectivity index (χ0) is 9.61. The Labute approximate surface area is 75.6 Å². The molecular formula is C11H19F. The summed E-state index contributed by atoms with van der Waals surface area (Å²) in [5, 5.41) is 0. The van der Waals surface area contributed by atoms with Crippen molar-refractivity contribution in [3.05, 3.63) is 0 Å². The molecule has 0 aliphatic heterocycles. The lowest BCUT2D eigenvalue weighted by Crippen LogP contribution is -2.06. The first-order valence-electron chi connectivity index (χ1n) is 4.53. The molecule has 0 spiro atoms. The van der Waals surface area contributed by atoms with Gasteiger partial charge >= 0.3 is 0 Å². The van der Waals surface area contributed by atoms with Crippen molar-refractivity contribution < 1.29 is 4.39 Å². The third-order valence-electron chi connectivity index (χ3n) is 1.78. The van der Waals surface area contributed by atoms with E-state index < -0.39 is 6.17 Å². The highest BCUT2D eigenvalue weighted by Gasteiger charge is 2.11. The van der Waals surface area contributed by atoms with E-state index >= 15 is 0 Å². The average Bonchev–Trinajstić information content (AvgIpc) is 1.84. The van der Waals surface area contributed by atoms with Crippen molar-refractivity contribution >= 4 is 0 Å². The average molecular weight is 170 g/mol. The summed E-state index contributed by atoms with van der Waals surface area (Å²) in [5.41, 5.74) is 0.315. The van der Waals surface area contributed by atoms with Crippen LogP contribution in [-0.4, -0.2) is 6.17 Å². The van der Waals surface area contributed by atoms with Crippen molar-refractivity contribution in [1.82, 2.24) is 0 Å². The third-order valence-corrected chi connectivity index (χ3v) is 1.78. The lowest BCUT2D eigenvalue weighted by molar-refractivity contribution is 0.283. The molecule has 0 aromatic rings. The molecule has 0 aromatic carbocycles. The van der Waals surface area contributed by atoms with Crippen molar-refractivity contribution in [2.24, 2.45) is 5.41 Å². The number of alkyl halides is 1. The fraction of sp³-hybridized carbons (Fsp3) is 0.818. The van der Waals surface area contributed by atoms with Gasteiger partial charge < -0.3 is 0 Å². The smallest absolute Gasteiger partial charge is 0.111 e. The number of terminal acetylenes is 1. The number of hydrogen-bond acceptors (Lipinski definition) is 0. The Morgan fingerprint density at radius 3 is 2.42 bits per heavy atom. The molecule has 1 heteroatoms. The standard InChI is InChI=1S/C11H19F/c1-5-7-10(12)8-6-9-11(2,3)4/h1,10H,6-9H2,2-4H3. The summed E-state index contributed by atoms with van der Waals surface area (Å²) in [4.78, 5) is 0. The van der Waals surface area contributed by atoms with Crippen LogP contribution in [0.5, 0.6) is 0 Å². The maximum Gasteiger partial charge on any atom is 0.111 e. The van der Waals surface area contributed by atoms with Gasteiger partial charge in [0.15, 0.2) is 0 Å². The van der Waals surface area contributed by atoms with Crippen LogP contribution in [0.15, 0.2) is 0 Å². The zero-order valence-electron chi connectivity index (χ0n) is 8.36. The van der Waals surface area contributed by atoms with Gasteiger partial charge in [-0.2, -0.15) is 0 Å². The summed E-state index contributed by atoms with van der Waals surface area (Å²) >= 11 is 0. The van der Waals surface area contributed by atoms with Crippen molar-refractivity contribution in [2.45, 2.75) is 52.6 Å². The predicted molar refractivity (Wildman–Crippen MR) is 51.7 cm³/mol. The van der Waals surface area contributed by atoms with Gasteiger partial charge in [0.2, 0.25) is 0 Å². The summed E-state index contributed by atoms with van der Waals surface area (Å²) in [7, 11) is 0. The molecule has 0 rings (SSSR count). The van der Waals surface area contributed by atoms with Crippen LogP contribution in [0.4, 0.5) is 4.39 Å². The summed E-state index contributed by atoms with van der Waals surface area (Å²) < 4.78 is 12.8. The number of rotatable bonds is 4. The Morgan fingerprint density at radius 1 is 1.42 bits per heavy atom. The Kier molecular flexibility index (Phi) is 4.97. The van der Waals surface area contributed by atoms with Crippen LogP contribution in [0.2, 0.25) is 0 Å². The monoisotopic (exact) mass is 170 g/mol. The fourth-order valence-corrected chi connectivity index (χ4v) is 1.08. The largest absolute Gasteiger partial charge is 0.246 e. The summed E-state index contributed by atoms with van der Waals surface area (Å²) in [6.07, 6.45) is 7.09. The van der Waals surface area contributed by atoms with Crippen molar-refractivity contribution in [2.75, 3.05) is 0 Å². The topological polar surface area (TPSA) is 0 Å². The maximum atomic E-state index is 12.8. The lowest BCUT2D eigenvalue weighted by Gasteiger charge is -2.17. The Morgan fingerprint density at radius 2 is 2.00 bits per heavy atom. The second-order valence-electron chi connectivity index (χ2n) is 4.46. The van der Waals surface area contributed by atoms with Crippen molar-refractivity contribution in [3.8, 4) is 12.3 Å². The van der Waals surface area contributed by atoms with Gasteiger partial charge in [-0.1, -0.05) is 27.2 Å². The van der Waals surface area contributed by atoms with E-state index in [9.17, 15) is 4.39 Å². The molecule has 0 heterocycles. The first-order chi connectivity index (χ1) is 5.45. The van der Waals surface area contributed by atoms with Gasteiger partial charge in [0.1, 0.15) is 6.17 Å². The molecule has 0 radical (unpaired) electrons. The second-order valence-corrected chi connectivity index (χ2v) is 4.46. The zero-order valence-corrected chi connectivity index (χ0v) is 8.36. The molecule has 0 saturated carbocycles. The highest BCUT2D eigenvalue weighted by Crippen LogP contribution is 2.22. The first kappa shape index (κ1) is 11.5. The molecule has 1 atom stereocenters. The molecule has 70 valence electrons. The van der Waals surface area contributed by atoms with E-state index in [2.05, 4.69) is 26.7 Å². The summed E-state index contributed by atoms with van der Waals surface area (Å²) in [6, 6.07) is 0. The molecule has 0 aliphatic carbocycles. The van der Waals surface area contributed by atoms with Crippen LogP contribution in [-0.2, 0) is 0 Å². The Hall–Kier alpha value is -0.510. The van der Waals surface area contributed by atoms with E-state index in [0.717, 1.165) is 12.8 Å². The van der Waals surface area contributed by atoms with Crippen molar-refractivity contribution in [1.29, 1.82) is 0 Å². The van der Waals surface area contributed by atoms with Crippen LogP contribution in [0, 0.1) is 17.8 Å². The Balaban J connectivity index is 3.38. The van der Waals surface area contributed by atoms with Gasteiger partial charge in [0.05, 0.1) is 0 Å². The quantitative estimate of drug-likeness (QED) is 0.566. The van der Waals surface area contributed by atoms with Crippen LogP contribution in [0.1, 0.15) is 46.5 Å². The van der Waals surface area contributed by atoms with E-state index in [4.69, 9.17) is 6.42 Å². The fourth-order valence-electron chi connectivity index (χ4n) is 1.08. The maximum absolute atomic E-state index is 12.8. The van der Waals surface area contributed by atoms with Crippen LogP contribution >= 0.6 is 0 Å². The van der Waals surface area contributed by atoms with E-state index in [1.807, 2.05) is 0 Å². The van der Waals surface area contributed by atoms with E-state index in [1.165, 1.54) is 0 Å². The Bertz CT molecular complexity index is 147. The number of halogens is 1. The van der Waals surface area contributed by atoms with Gasteiger partial charge in [-0.25, -0.2) is 4.39 Å². The number of hydrogen-bond donors (Lipinski definition) is 0. The summed E-state index contributed by atoms with van der Waals surface area (Å²) in [5.74, 6) is 2.34. The third kappa shape index (κ3) is 7.60. The molecule has 12 heavy (non-hydrogen) atoms. The van der Waals surface area contributed by atoms with Gasteiger partial charge in [-0.15, -0.1) is 12.3 Å². The molecule has 0 amide bonds. The van der Waals surface area contributed by atoms with Gasteiger partial charge in [-0.3, -0.25) is 0 Å². The van der Waals surface area contributed by atoms with E-state index in [-0.39, 0.29) is 6.42 Å². The van der Waals surface area contributed by atoms with Gasteiger partial charge in [-0.05, 0) is 18.3 Å². The highest BCUT2D eigenvalue weighted by molar-refractivity contribution is 4.86. The molecular weight excluding hydrogens is 151 g/mol. The minimum atomic E-state index is -0.794. The van der Waals surface area contributed by atoms with Crippen LogP contribution in [0.3, 0.4) is 0 Å². The molecule has 0 saturated heterocycles. The normalized spacial score (nSPS) is 13.9. The molecule has 0 fully saturated rings. The van der Waals surface area contributed by atoms with E-state index in [1.54, 1.807) is 0 Å². The highest BCUT2D eigenvalue weighted by atomic mass is 19.1. The first-order valence-corrected chi connectivity index (χ1v) is 4.53. The predicted octanol–water partition coefficient (Wildman–Crippen LogP) is 3.56. The van der Waals surface area contributed by atoms with Gasteiger partial charge in [0.25, 0.3) is 0 Å². The van der Waals surface area contributed by atoms with Crippen LogP contribution in [0.25, 0.3) is 0 Å². The minimum Gasteiger partial charge on any atom is -0.246 e. The van der Waals surface area contributed by atoms with Crippen molar-refractivity contribution in [3.63, 3.8) is 0 Å². The van der Waals surface area contributed by atoms with E-state index in [0.29, 0.717) is 11.8 Å². The SMILES string of the molecule is C#CCC(F)CCCC(C)(C)C. The molecule has 0 aromatic heterocycles. The second kappa shape index (κ2) is 5.19. The molecule has 0 nitrogen and oxygen atoms in total. The summed E-state index contributed by atoms with van der Waals surface area (Å²) in [6.45, 7) is 6.50. The minimum absolute atomic E-state index is 0.268. The lowest BCUT2D eigenvalue weighted by atomic mass is 9.89. The molecule has 0 aliphatic rings. The van der Waals surface area contributed by atoms with Gasteiger partial charge in [0, 0.05) is 6.42 Å². The molecule has 1 unspecified atom stereocenters.